The molecule has 81 heavy (non-hydrogen) atoms. The molecule has 2 aromatic heterocycles. The Labute approximate surface area is 486 Å². The zero-order chi connectivity index (χ0) is 56.7. The van der Waals surface area contributed by atoms with Gasteiger partial charge >= 0.3 is 0 Å². The third-order valence-electron chi connectivity index (χ3n) is 16.1. The van der Waals surface area contributed by atoms with E-state index >= 15 is 0 Å². The number of furan rings is 1. The van der Waals surface area contributed by atoms with E-state index < -0.39 is 0 Å². The summed E-state index contributed by atoms with van der Waals surface area (Å²) in [4.78, 5) is 7.28. The average molecular weight is 1120 g/mol. The van der Waals surface area contributed by atoms with Crippen LogP contribution in [0.4, 0.5) is 51.2 Å². The maximum absolute atomic E-state index is 6.69. The highest BCUT2D eigenvalue weighted by Gasteiger charge is 2.28. The molecule has 2 heterocycles. The molecule has 5 nitrogen and oxygen atoms in total. The molecule has 0 bridgehead atoms. The van der Waals surface area contributed by atoms with Crippen LogP contribution >= 0.6 is 15.9 Å². The summed E-state index contributed by atoms with van der Waals surface area (Å²) in [6.45, 7) is 27.3. The Hall–Kier alpha value is -8.32. The fourth-order valence-electron chi connectivity index (χ4n) is 11.9. The maximum Gasteiger partial charge on any atom is 0.137 e. The molecular formula is C75H71BrN4O. The molecule has 0 N–H and O–H groups in total. The van der Waals surface area contributed by atoms with Crippen LogP contribution in [-0.4, -0.2) is 4.57 Å². The van der Waals surface area contributed by atoms with Gasteiger partial charge in [0, 0.05) is 67.4 Å². The molecule has 0 saturated carbocycles. The quantitative estimate of drug-likeness (QED) is 0.136. The van der Waals surface area contributed by atoms with E-state index in [4.69, 9.17) is 4.42 Å². The minimum Gasteiger partial charge on any atom is -0.456 e. The molecule has 0 amide bonds. The first-order valence-electron chi connectivity index (χ1n) is 28.3. The molecule has 0 spiro atoms. The van der Waals surface area contributed by atoms with Crippen LogP contribution in [0.5, 0.6) is 0 Å². The minimum atomic E-state index is -0.0306. The van der Waals surface area contributed by atoms with Crippen molar-refractivity contribution in [3.05, 3.63) is 250 Å². The summed E-state index contributed by atoms with van der Waals surface area (Å²) in [6, 6.07) is 78.2. The van der Waals surface area contributed by atoms with Gasteiger partial charge in [0.1, 0.15) is 11.2 Å². The number of rotatable bonds is 10. The van der Waals surface area contributed by atoms with Crippen LogP contribution in [0.3, 0.4) is 0 Å². The monoisotopic (exact) mass is 1120 g/mol. The Morgan fingerprint density at radius 2 is 0.815 bits per heavy atom. The van der Waals surface area contributed by atoms with Gasteiger partial charge in [-0.25, -0.2) is 0 Å². The van der Waals surface area contributed by atoms with E-state index in [2.05, 4.69) is 325 Å². The molecule has 404 valence electrons. The lowest BCUT2D eigenvalue weighted by Gasteiger charge is -2.34. The van der Waals surface area contributed by atoms with Crippen molar-refractivity contribution in [1.82, 2.24) is 4.57 Å². The van der Waals surface area contributed by atoms with Gasteiger partial charge in [-0.1, -0.05) is 165 Å². The second-order valence-electron chi connectivity index (χ2n) is 25.1. The van der Waals surface area contributed by atoms with Crippen molar-refractivity contribution in [3.8, 4) is 5.69 Å². The Kier molecular flexibility index (Phi) is 13.4. The molecule has 0 unspecified atom stereocenters. The van der Waals surface area contributed by atoms with Gasteiger partial charge in [-0.3, -0.25) is 0 Å². The Morgan fingerprint density at radius 3 is 1.41 bits per heavy atom. The van der Waals surface area contributed by atoms with Gasteiger partial charge in [-0.05, 0) is 189 Å². The number of hydrogen-bond acceptors (Lipinski definition) is 4. The van der Waals surface area contributed by atoms with E-state index in [9.17, 15) is 0 Å². The fraction of sp³-hybridized carbons (Fsp3) is 0.200. The lowest BCUT2D eigenvalue weighted by molar-refractivity contribution is 0.589. The summed E-state index contributed by atoms with van der Waals surface area (Å²) < 4.78 is 10.1. The number of halogens is 1. The van der Waals surface area contributed by atoms with E-state index in [0.29, 0.717) is 0 Å². The standard InChI is InChI=1S/C75H71BrN4O/c1-48-41-67(77(55-33-29-51(30-34-55)73(4,5)6)56-35-31-52(32-36-56)74(7,8)9)71(76)68(42-48)78(60-38-40-64-63-26-17-19-28-69(63)81-70(64)47-60)57-23-20-24-58(45-57)79(72-49(2)43-53(44-50(72)3)75(10,11)12)59-37-39-62-61-25-16-18-27-65(61)80(66(62)46-59)54-21-14-13-15-22-54/h13-47H,1-12H3. The van der Waals surface area contributed by atoms with E-state index in [-0.39, 0.29) is 16.2 Å². The van der Waals surface area contributed by atoms with Crippen LogP contribution in [-0.2, 0) is 16.2 Å². The molecule has 0 atom stereocenters. The molecule has 12 rings (SSSR count). The van der Waals surface area contributed by atoms with Crippen LogP contribution in [0.15, 0.2) is 221 Å². The second kappa shape index (κ2) is 20.3. The van der Waals surface area contributed by atoms with Gasteiger partial charge in [0.15, 0.2) is 0 Å². The summed E-state index contributed by atoms with van der Waals surface area (Å²) in [5.41, 5.74) is 21.9. The molecule has 0 radical (unpaired) electrons. The zero-order valence-electron chi connectivity index (χ0n) is 48.8. The van der Waals surface area contributed by atoms with Gasteiger partial charge in [0.05, 0.1) is 32.6 Å². The Morgan fingerprint density at radius 1 is 0.358 bits per heavy atom. The van der Waals surface area contributed by atoms with Crippen LogP contribution < -0.4 is 14.7 Å². The predicted octanol–water partition coefficient (Wildman–Crippen LogP) is 22.7. The van der Waals surface area contributed by atoms with Crippen molar-refractivity contribution in [3.63, 3.8) is 0 Å². The van der Waals surface area contributed by atoms with Crippen molar-refractivity contribution >= 4 is 111 Å². The largest absolute Gasteiger partial charge is 0.456 e. The summed E-state index contributed by atoms with van der Waals surface area (Å²) >= 11 is 4.38. The summed E-state index contributed by atoms with van der Waals surface area (Å²) in [5, 5.41) is 4.61. The molecule has 6 heteroatoms. The number of nitrogens with zero attached hydrogens (tertiary/aromatic N) is 4. The molecule has 0 aliphatic carbocycles. The van der Waals surface area contributed by atoms with Gasteiger partial charge in [0.25, 0.3) is 0 Å². The highest BCUT2D eigenvalue weighted by molar-refractivity contribution is 9.10. The van der Waals surface area contributed by atoms with Crippen molar-refractivity contribution in [2.24, 2.45) is 0 Å². The first-order valence-corrected chi connectivity index (χ1v) is 29.1. The second-order valence-corrected chi connectivity index (χ2v) is 25.9. The number of hydrogen-bond donors (Lipinski definition) is 0. The maximum atomic E-state index is 6.69. The van der Waals surface area contributed by atoms with E-state index in [1.165, 1.54) is 44.1 Å². The molecule has 0 saturated heterocycles. The van der Waals surface area contributed by atoms with E-state index in [1.807, 2.05) is 6.07 Å². The van der Waals surface area contributed by atoms with Crippen molar-refractivity contribution in [1.29, 1.82) is 0 Å². The van der Waals surface area contributed by atoms with E-state index in [1.54, 1.807) is 0 Å². The number of benzene rings is 10. The third-order valence-corrected chi connectivity index (χ3v) is 16.9. The van der Waals surface area contributed by atoms with Crippen LogP contribution in [0.1, 0.15) is 95.7 Å². The first kappa shape index (κ1) is 53.3. The molecule has 0 aliphatic rings. The normalized spacial score (nSPS) is 12.3. The average Bonchev–Trinajstić information content (AvgIpc) is 4.11. The number of anilines is 9. The SMILES string of the molecule is Cc1cc(N(c2ccc(C(C)(C)C)cc2)c2ccc(C(C)(C)C)cc2)c(Br)c(N(c2cccc(N(c3ccc4c5ccccc5n(-c5ccccc5)c4c3)c3c(C)cc(C(C)(C)C)cc3C)c2)c2ccc3c(c2)oc2ccccc23)c1. The summed E-state index contributed by atoms with van der Waals surface area (Å²) in [6.07, 6.45) is 0. The van der Waals surface area contributed by atoms with Crippen molar-refractivity contribution in [2.45, 2.75) is 99.3 Å². The first-order chi connectivity index (χ1) is 38.7. The smallest absolute Gasteiger partial charge is 0.137 e. The topological polar surface area (TPSA) is 27.8 Å². The highest BCUT2D eigenvalue weighted by atomic mass is 79.9. The number of aryl methyl sites for hydroxylation is 3. The molecule has 10 aromatic carbocycles. The molecular weight excluding hydrogens is 1050 g/mol. The Balaban J connectivity index is 1.10. The predicted molar refractivity (Wildman–Crippen MR) is 350 cm³/mol. The van der Waals surface area contributed by atoms with Crippen LogP contribution in [0, 0.1) is 20.8 Å². The lowest BCUT2D eigenvalue weighted by atomic mass is 9.84. The van der Waals surface area contributed by atoms with Gasteiger partial charge in [0.2, 0.25) is 0 Å². The zero-order valence-corrected chi connectivity index (χ0v) is 50.4. The number of fused-ring (bicyclic) bond motifs is 6. The van der Waals surface area contributed by atoms with E-state index in [0.717, 1.165) is 94.4 Å². The molecule has 0 aliphatic heterocycles. The summed E-state index contributed by atoms with van der Waals surface area (Å²) in [7, 11) is 0. The summed E-state index contributed by atoms with van der Waals surface area (Å²) in [5.74, 6) is 0. The molecule has 12 aromatic rings. The number of para-hydroxylation sites is 3. The highest BCUT2D eigenvalue weighted by Crippen LogP contribution is 2.51. The van der Waals surface area contributed by atoms with Gasteiger partial charge in [-0.2, -0.15) is 0 Å². The lowest BCUT2D eigenvalue weighted by Crippen LogP contribution is -2.18. The van der Waals surface area contributed by atoms with Crippen molar-refractivity contribution < 1.29 is 4.42 Å². The van der Waals surface area contributed by atoms with Crippen molar-refractivity contribution in [2.75, 3.05) is 14.7 Å². The minimum absolute atomic E-state index is 0.00252. The van der Waals surface area contributed by atoms with Crippen LogP contribution in [0.2, 0.25) is 0 Å². The third kappa shape index (κ3) is 9.88. The van der Waals surface area contributed by atoms with Crippen LogP contribution in [0.25, 0.3) is 49.4 Å². The fourth-order valence-corrected chi connectivity index (χ4v) is 12.4. The van der Waals surface area contributed by atoms with Gasteiger partial charge < -0.3 is 23.7 Å². The Bertz CT molecular complexity index is 4250. The molecule has 0 fully saturated rings. The number of aromatic nitrogens is 1. The van der Waals surface area contributed by atoms with Gasteiger partial charge in [-0.15, -0.1) is 0 Å².